The number of nitrogens with zero attached hydrogens (tertiary/aromatic N) is 2. The highest BCUT2D eigenvalue weighted by molar-refractivity contribution is 5.54. The Bertz CT molecular complexity index is 598. The van der Waals surface area contributed by atoms with Crippen LogP contribution in [0.2, 0.25) is 0 Å². The maximum Gasteiger partial charge on any atom is 0.0455 e. The Labute approximate surface area is 108 Å². The van der Waals surface area contributed by atoms with Crippen LogP contribution in [0.5, 0.6) is 0 Å². The van der Waals surface area contributed by atoms with E-state index in [9.17, 15) is 0 Å². The van der Waals surface area contributed by atoms with Crippen molar-refractivity contribution in [1.29, 1.82) is 0 Å². The molecular formula is C16H20N2. The molecule has 1 spiro atoms. The van der Waals surface area contributed by atoms with Gasteiger partial charge in [0.1, 0.15) is 0 Å². The topological polar surface area (TPSA) is 7.65 Å². The summed E-state index contributed by atoms with van der Waals surface area (Å²) in [5.41, 5.74) is 5.09. The molecule has 1 saturated heterocycles. The predicted molar refractivity (Wildman–Crippen MR) is 74.0 cm³/mol. The van der Waals surface area contributed by atoms with E-state index in [2.05, 4.69) is 46.8 Å². The van der Waals surface area contributed by atoms with Crippen LogP contribution in [-0.2, 0) is 12.8 Å². The third-order valence-corrected chi connectivity index (χ3v) is 4.97. The average Bonchev–Trinajstić information content (AvgIpc) is 2.91. The van der Waals surface area contributed by atoms with Gasteiger partial charge >= 0.3 is 0 Å². The fourth-order valence-corrected chi connectivity index (χ4v) is 4.00. The SMILES string of the molecule is CN1CCC2(CCc3cc4ccccn4c3C2)C1. The van der Waals surface area contributed by atoms with E-state index < -0.39 is 0 Å². The lowest BCUT2D eigenvalue weighted by Crippen LogP contribution is -2.31. The fraction of sp³-hybridized carbons (Fsp3) is 0.500. The highest BCUT2D eigenvalue weighted by Gasteiger charge is 2.40. The summed E-state index contributed by atoms with van der Waals surface area (Å²) < 4.78 is 2.41. The quantitative estimate of drug-likeness (QED) is 0.687. The summed E-state index contributed by atoms with van der Waals surface area (Å²) in [6.45, 7) is 2.56. The van der Waals surface area contributed by atoms with Crippen molar-refractivity contribution in [3.8, 4) is 0 Å². The van der Waals surface area contributed by atoms with Gasteiger partial charge in [-0.25, -0.2) is 0 Å². The number of hydrogen-bond donors (Lipinski definition) is 0. The van der Waals surface area contributed by atoms with Gasteiger partial charge in [-0.05, 0) is 68.5 Å². The number of aryl methyl sites for hydroxylation is 1. The molecular weight excluding hydrogens is 220 g/mol. The fourth-order valence-electron chi connectivity index (χ4n) is 4.00. The molecule has 2 aromatic rings. The molecule has 0 saturated carbocycles. The average molecular weight is 240 g/mol. The molecule has 1 aliphatic heterocycles. The summed E-state index contributed by atoms with van der Waals surface area (Å²) in [5, 5.41) is 0. The second-order valence-corrected chi connectivity index (χ2v) is 6.28. The van der Waals surface area contributed by atoms with Gasteiger partial charge in [-0.2, -0.15) is 0 Å². The van der Waals surface area contributed by atoms with Crippen molar-refractivity contribution >= 4 is 5.52 Å². The van der Waals surface area contributed by atoms with Crippen LogP contribution in [0.4, 0.5) is 0 Å². The molecule has 94 valence electrons. The van der Waals surface area contributed by atoms with Crippen LogP contribution in [0.1, 0.15) is 24.1 Å². The number of fused-ring (bicyclic) bond motifs is 3. The van der Waals surface area contributed by atoms with Crippen LogP contribution >= 0.6 is 0 Å². The van der Waals surface area contributed by atoms with Gasteiger partial charge < -0.3 is 9.30 Å². The first kappa shape index (κ1) is 10.6. The summed E-state index contributed by atoms with van der Waals surface area (Å²) in [6, 6.07) is 8.90. The summed E-state index contributed by atoms with van der Waals surface area (Å²) in [4.78, 5) is 2.50. The van der Waals surface area contributed by atoms with Gasteiger partial charge in [-0.15, -0.1) is 0 Å². The maximum atomic E-state index is 2.50. The number of rotatable bonds is 0. The van der Waals surface area contributed by atoms with Crippen LogP contribution in [0.15, 0.2) is 30.5 Å². The first-order chi connectivity index (χ1) is 8.76. The molecule has 18 heavy (non-hydrogen) atoms. The lowest BCUT2D eigenvalue weighted by Gasteiger charge is -2.33. The summed E-state index contributed by atoms with van der Waals surface area (Å²) >= 11 is 0. The minimum absolute atomic E-state index is 0.561. The molecule has 3 heterocycles. The van der Waals surface area contributed by atoms with E-state index in [-0.39, 0.29) is 0 Å². The molecule has 0 radical (unpaired) electrons. The predicted octanol–water partition coefficient (Wildman–Crippen LogP) is 2.75. The zero-order chi connectivity index (χ0) is 12.2. The van der Waals surface area contributed by atoms with Gasteiger partial charge in [0, 0.05) is 24.0 Å². The van der Waals surface area contributed by atoms with Crippen molar-refractivity contribution in [2.75, 3.05) is 20.1 Å². The molecule has 1 atom stereocenters. The molecule has 0 amide bonds. The summed E-state index contributed by atoms with van der Waals surface area (Å²) in [5.74, 6) is 0. The lowest BCUT2D eigenvalue weighted by atomic mass is 9.73. The maximum absolute atomic E-state index is 2.50. The van der Waals surface area contributed by atoms with Gasteiger partial charge in [-0.1, -0.05) is 6.07 Å². The zero-order valence-corrected chi connectivity index (χ0v) is 11.0. The van der Waals surface area contributed by atoms with Crippen LogP contribution in [-0.4, -0.2) is 29.4 Å². The normalized spacial score (nSPS) is 28.1. The number of hydrogen-bond acceptors (Lipinski definition) is 1. The second-order valence-electron chi connectivity index (χ2n) is 6.28. The molecule has 4 rings (SSSR count). The molecule has 1 fully saturated rings. The van der Waals surface area contributed by atoms with E-state index in [1.54, 1.807) is 11.3 Å². The Morgan fingerprint density at radius 1 is 1.22 bits per heavy atom. The number of pyridine rings is 1. The van der Waals surface area contributed by atoms with E-state index >= 15 is 0 Å². The third kappa shape index (κ3) is 1.45. The van der Waals surface area contributed by atoms with Gasteiger partial charge in [0.2, 0.25) is 0 Å². The molecule has 1 aliphatic carbocycles. The van der Waals surface area contributed by atoms with Gasteiger partial charge in [0.15, 0.2) is 0 Å². The zero-order valence-electron chi connectivity index (χ0n) is 11.0. The van der Waals surface area contributed by atoms with Crippen LogP contribution in [0.25, 0.3) is 5.52 Å². The van der Waals surface area contributed by atoms with E-state index in [0.29, 0.717) is 5.41 Å². The molecule has 1 unspecified atom stereocenters. The Balaban J connectivity index is 1.80. The van der Waals surface area contributed by atoms with E-state index in [4.69, 9.17) is 0 Å². The van der Waals surface area contributed by atoms with Crippen LogP contribution in [0, 0.1) is 5.41 Å². The number of likely N-dealkylation sites (tertiary alicyclic amines) is 1. The first-order valence-corrected chi connectivity index (χ1v) is 7.02. The Hall–Kier alpha value is -1.28. The highest BCUT2D eigenvalue weighted by atomic mass is 15.1. The minimum Gasteiger partial charge on any atom is -0.321 e. The molecule has 2 aromatic heterocycles. The molecule has 2 nitrogen and oxygen atoms in total. The summed E-state index contributed by atoms with van der Waals surface area (Å²) in [6.07, 6.45) is 7.52. The number of aromatic nitrogens is 1. The van der Waals surface area contributed by atoms with E-state index in [1.807, 2.05) is 0 Å². The first-order valence-electron chi connectivity index (χ1n) is 7.02. The monoisotopic (exact) mass is 240 g/mol. The summed E-state index contributed by atoms with van der Waals surface area (Å²) in [7, 11) is 2.26. The highest BCUT2D eigenvalue weighted by Crippen LogP contribution is 2.42. The Morgan fingerprint density at radius 3 is 3.00 bits per heavy atom. The minimum atomic E-state index is 0.561. The van der Waals surface area contributed by atoms with Crippen molar-refractivity contribution in [2.45, 2.75) is 25.7 Å². The van der Waals surface area contributed by atoms with Gasteiger partial charge in [0.05, 0.1) is 0 Å². The molecule has 0 aromatic carbocycles. The van der Waals surface area contributed by atoms with Crippen molar-refractivity contribution in [1.82, 2.24) is 9.30 Å². The van der Waals surface area contributed by atoms with Crippen LogP contribution in [0.3, 0.4) is 0 Å². The van der Waals surface area contributed by atoms with Crippen molar-refractivity contribution in [3.63, 3.8) is 0 Å². The second kappa shape index (κ2) is 3.61. The molecule has 0 bridgehead atoms. The Morgan fingerprint density at radius 2 is 2.17 bits per heavy atom. The molecule has 2 heteroatoms. The largest absolute Gasteiger partial charge is 0.321 e. The van der Waals surface area contributed by atoms with E-state index in [1.165, 1.54) is 44.3 Å². The van der Waals surface area contributed by atoms with E-state index in [0.717, 1.165) is 0 Å². The van der Waals surface area contributed by atoms with Gasteiger partial charge in [0.25, 0.3) is 0 Å². The van der Waals surface area contributed by atoms with Crippen molar-refractivity contribution in [2.24, 2.45) is 5.41 Å². The third-order valence-electron chi connectivity index (χ3n) is 4.97. The molecule has 0 N–H and O–H groups in total. The van der Waals surface area contributed by atoms with Crippen molar-refractivity contribution in [3.05, 3.63) is 41.7 Å². The van der Waals surface area contributed by atoms with Crippen molar-refractivity contribution < 1.29 is 0 Å². The standard InChI is InChI=1S/C16H20N2/c1-17-9-7-16(12-17)6-5-13-10-14-4-2-3-8-18(14)15(13)11-16/h2-4,8,10H,5-7,9,11-12H2,1H3. The van der Waals surface area contributed by atoms with Crippen LogP contribution < -0.4 is 0 Å². The smallest absolute Gasteiger partial charge is 0.0455 e. The lowest BCUT2D eigenvalue weighted by molar-refractivity contribution is 0.243. The molecule has 2 aliphatic rings. The Kier molecular flexibility index (Phi) is 2.13. The van der Waals surface area contributed by atoms with Gasteiger partial charge in [-0.3, -0.25) is 0 Å².